The molecular weight excluding hydrogens is 268 g/mol. The van der Waals surface area contributed by atoms with Crippen LogP contribution in [0.4, 0.5) is 0 Å². The van der Waals surface area contributed by atoms with Crippen LogP contribution in [0.5, 0.6) is 5.75 Å². The summed E-state index contributed by atoms with van der Waals surface area (Å²) in [6.45, 7) is 0. The van der Waals surface area contributed by atoms with Crippen LogP contribution in [0.3, 0.4) is 0 Å². The molecule has 1 heteroatoms. The fourth-order valence-electron chi connectivity index (χ4n) is 3.07. The van der Waals surface area contributed by atoms with Gasteiger partial charge in [0, 0.05) is 0 Å². The molecule has 0 amide bonds. The van der Waals surface area contributed by atoms with Gasteiger partial charge in [-0.1, -0.05) is 60.7 Å². The van der Waals surface area contributed by atoms with Gasteiger partial charge in [0.1, 0.15) is 5.75 Å². The zero-order valence-corrected chi connectivity index (χ0v) is 12.4. The molecular formula is C21H16O. The van der Waals surface area contributed by atoms with Crippen molar-refractivity contribution in [1.29, 1.82) is 0 Å². The van der Waals surface area contributed by atoms with Crippen LogP contribution in [0.25, 0.3) is 32.7 Å². The van der Waals surface area contributed by atoms with Gasteiger partial charge in [-0.05, 0) is 50.9 Å². The number of ether oxygens (including phenoxy) is 1. The van der Waals surface area contributed by atoms with Gasteiger partial charge in [0.15, 0.2) is 0 Å². The summed E-state index contributed by atoms with van der Waals surface area (Å²) in [7, 11) is 1.71. The highest BCUT2D eigenvalue weighted by atomic mass is 16.5. The van der Waals surface area contributed by atoms with E-state index in [2.05, 4.69) is 66.7 Å². The third-order valence-corrected chi connectivity index (χ3v) is 4.15. The minimum Gasteiger partial charge on any atom is -0.497 e. The molecule has 4 aromatic rings. The van der Waals surface area contributed by atoms with Crippen molar-refractivity contribution in [2.45, 2.75) is 0 Å². The summed E-state index contributed by atoms with van der Waals surface area (Å²) < 4.78 is 5.43. The van der Waals surface area contributed by atoms with Gasteiger partial charge in [-0.2, -0.15) is 0 Å². The van der Waals surface area contributed by atoms with Crippen LogP contribution < -0.4 is 4.74 Å². The molecule has 106 valence electrons. The van der Waals surface area contributed by atoms with E-state index < -0.39 is 0 Å². The SMILES string of the molecule is COc1ccc2c(c1)c(-c1ccccc1)cc1ccccc12. The summed E-state index contributed by atoms with van der Waals surface area (Å²) in [5, 5.41) is 5.03. The maximum Gasteiger partial charge on any atom is 0.119 e. The fraction of sp³-hybridized carbons (Fsp3) is 0.0476. The van der Waals surface area contributed by atoms with Crippen LogP contribution in [0.2, 0.25) is 0 Å². The molecule has 0 spiro atoms. The van der Waals surface area contributed by atoms with Crippen LogP contribution in [0.15, 0.2) is 78.9 Å². The monoisotopic (exact) mass is 284 g/mol. The summed E-state index contributed by atoms with van der Waals surface area (Å²) in [4.78, 5) is 0. The predicted octanol–water partition coefficient (Wildman–Crippen LogP) is 5.67. The molecule has 0 N–H and O–H groups in total. The zero-order valence-electron chi connectivity index (χ0n) is 12.4. The molecule has 0 bridgehead atoms. The molecule has 0 fully saturated rings. The molecule has 0 aliphatic carbocycles. The Balaban J connectivity index is 2.16. The second kappa shape index (κ2) is 5.19. The van der Waals surface area contributed by atoms with Crippen molar-refractivity contribution in [1.82, 2.24) is 0 Å². The van der Waals surface area contributed by atoms with E-state index in [1.54, 1.807) is 7.11 Å². The topological polar surface area (TPSA) is 9.23 Å². The smallest absolute Gasteiger partial charge is 0.119 e. The van der Waals surface area contributed by atoms with Crippen LogP contribution >= 0.6 is 0 Å². The number of hydrogen-bond donors (Lipinski definition) is 0. The number of rotatable bonds is 2. The Morgan fingerprint density at radius 3 is 2.23 bits per heavy atom. The third-order valence-electron chi connectivity index (χ3n) is 4.15. The molecule has 0 saturated heterocycles. The average molecular weight is 284 g/mol. The standard InChI is InChI=1S/C21H16O/c1-22-17-11-12-19-18-10-6-5-9-16(18)13-20(21(19)14-17)15-7-3-2-4-8-15/h2-14H,1H3. The lowest BCUT2D eigenvalue weighted by molar-refractivity contribution is 0.415. The third kappa shape index (κ3) is 2.03. The minimum atomic E-state index is 0.889. The molecule has 0 radical (unpaired) electrons. The lowest BCUT2D eigenvalue weighted by Crippen LogP contribution is -1.87. The molecule has 4 aromatic carbocycles. The van der Waals surface area contributed by atoms with Crippen LogP contribution in [0, 0.1) is 0 Å². The Bertz CT molecular complexity index is 955. The Kier molecular flexibility index (Phi) is 3.05. The van der Waals surface area contributed by atoms with Crippen molar-refractivity contribution in [2.75, 3.05) is 7.11 Å². The van der Waals surface area contributed by atoms with E-state index in [1.807, 2.05) is 12.1 Å². The Morgan fingerprint density at radius 1 is 0.636 bits per heavy atom. The van der Waals surface area contributed by atoms with Gasteiger partial charge in [-0.15, -0.1) is 0 Å². The van der Waals surface area contributed by atoms with E-state index in [4.69, 9.17) is 4.74 Å². The van der Waals surface area contributed by atoms with Crippen LogP contribution in [-0.2, 0) is 0 Å². The number of methoxy groups -OCH3 is 1. The second-order valence-electron chi connectivity index (χ2n) is 5.42. The lowest BCUT2D eigenvalue weighted by atomic mass is 9.93. The molecule has 0 aliphatic rings. The van der Waals surface area contributed by atoms with Gasteiger partial charge < -0.3 is 4.74 Å². The zero-order chi connectivity index (χ0) is 14.9. The predicted molar refractivity (Wildman–Crippen MR) is 93.4 cm³/mol. The molecule has 1 nitrogen and oxygen atoms in total. The molecule has 4 rings (SSSR count). The van der Waals surface area contributed by atoms with Crippen LogP contribution in [-0.4, -0.2) is 7.11 Å². The first-order valence-corrected chi connectivity index (χ1v) is 7.42. The van der Waals surface area contributed by atoms with E-state index in [9.17, 15) is 0 Å². The van der Waals surface area contributed by atoms with Gasteiger partial charge in [0.05, 0.1) is 7.11 Å². The van der Waals surface area contributed by atoms with Gasteiger partial charge >= 0.3 is 0 Å². The van der Waals surface area contributed by atoms with Crippen LogP contribution in [0.1, 0.15) is 0 Å². The van der Waals surface area contributed by atoms with E-state index in [-0.39, 0.29) is 0 Å². The normalized spacial score (nSPS) is 11.0. The Labute approximate surface area is 129 Å². The largest absolute Gasteiger partial charge is 0.497 e. The summed E-state index contributed by atoms with van der Waals surface area (Å²) >= 11 is 0. The summed E-state index contributed by atoms with van der Waals surface area (Å²) in [6.07, 6.45) is 0. The van der Waals surface area contributed by atoms with Crippen molar-refractivity contribution in [3.63, 3.8) is 0 Å². The summed E-state index contributed by atoms with van der Waals surface area (Å²) in [5.74, 6) is 0.889. The molecule has 0 heterocycles. The number of fused-ring (bicyclic) bond motifs is 3. The molecule has 0 aromatic heterocycles. The van der Waals surface area contributed by atoms with Crippen molar-refractivity contribution in [3.05, 3.63) is 78.9 Å². The van der Waals surface area contributed by atoms with Crippen molar-refractivity contribution >= 4 is 21.5 Å². The van der Waals surface area contributed by atoms with Gasteiger partial charge in [0.2, 0.25) is 0 Å². The summed E-state index contributed by atoms with van der Waals surface area (Å²) in [5.41, 5.74) is 2.47. The maximum absolute atomic E-state index is 5.43. The van der Waals surface area contributed by atoms with E-state index in [0.717, 1.165) is 5.75 Å². The highest BCUT2D eigenvalue weighted by Gasteiger charge is 2.09. The number of hydrogen-bond acceptors (Lipinski definition) is 1. The molecule has 0 unspecified atom stereocenters. The lowest BCUT2D eigenvalue weighted by Gasteiger charge is -2.12. The van der Waals surface area contributed by atoms with E-state index >= 15 is 0 Å². The minimum absolute atomic E-state index is 0.889. The molecule has 0 atom stereocenters. The number of benzene rings is 4. The van der Waals surface area contributed by atoms with Gasteiger partial charge in [-0.25, -0.2) is 0 Å². The second-order valence-corrected chi connectivity index (χ2v) is 5.42. The van der Waals surface area contributed by atoms with Crippen molar-refractivity contribution in [3.8, 4) is 16.9 Å². The van der Waals surface area contributed by atoms with E-state index in [0.29, 0.717) is 0 Å². The van der Waals surface area contributed by atoms with Gasteiger partial charge in [-0.3, -0.25) is 0 Å². The maximum atomic E-state index is 5.43. The van der Waals surface area contributed by atoms with Crippen molar-refractivity contribution in [2.24, 2.45) is 0 Å². The fourth-order valence-corrected chi connectivity index (χ4v) is 3.07. The quantitative estimate of drug-likeness (QED) is 0.431. The summed E-state index contributed by atoms with van der Waals surface area (Å²) in [6, 6.07) is 27.6. The first kappa shape index (κ1) is 12.9. The average Bonchev–Trinajstić information content (AvgIpc) is 2.61. The molecule has 0 aliphatic heterocycles. The highest BCUT2D eigenvalue weighted by molar-refractivity contribution is 6.14. The van der Waals surface area contributed by atoms with Crippen molar-refractivity contribution < 1.29 is 4.74 Å². The first-order valence-electron chi connectivity index (χ1n) is 7.42. The molecule has 0 saturated carbocycles. The molecule has 22 heavy (non-hydrogen) atoms. The van der Waals surface area contributed by atoms with Gasteiger partial charge in [0.25, 0.3) is 0 Å². The first-order chi connectivity index (χ1) is 10.9. The van der Waals surface area contributed by atoms with E-state index in [1.165, 1.54) is 32.7 Å². The highest BCUT2D eigenvalue weighted by Crippen LogP contribution is 2.36. The Hall–Kier alpha value is -2.80. The Morgan fingerprint density at radius 2 is 1.41 bits per heavy atom.